The number of ether oxygens (including phenoxy) is 3. The molecular weight excluding hydrogens is 707 g/mol. The third kappa shape index (κ3) is 7.58. The zero-order chi connectivity index (χ0) is 40.6. The van der Waals surface area contributed by atoms with Crippen molar-refractivity contribution in [2.75, 3.05) is 26.2 Å². The second-order valence-electron chi connectivity index (χ2n) is 17.8. The average Bonchev–Trinajstić information content (AvgIpc) is 3.30. The molecule has 6 aliphatic rings. The van der Waals surface area contributed by atoms with Crippen molar-refractivity contribution in [3.05, 3.63) is 74.9 Å². The molecule has 2 saturated heterocycles. The van der Waals surface area contributed by atoms with Crippen LogP contribution in [-0.4, -0.2) is 75.7 Å². The molecule has 9 nitrogen and oxygen atoms in total. The van der Waals surface area contributed by atoms with E-state index in [4.69, 9.17) is 14.2 Å². The molecule has 4 atom stereocenters. The number of rotatable bonds is 15. The van der Waals surface area contributed by atoms with Gasteiger partial charge in [-0.2, -0.15) is 0 Å². The number of phenolic OH excluding ortho intramolecular Hbond substituents is 2. The number of carbonyl (C=O) groups excluding carboxylic acids is 3. The van der Waals surface area contributed by atoms with Gasteiger partial charge in [-0.25, -0.2) is 4.79 Å². The predicted octanol–water partition coefficient (Wildman–Crippen LogP) is 8.99. The first kappa shape index (κ1) is 41.7. The van der Waals surface area contributed by atoms with Gasteiger partial charge in [0.05, 0.1) is 12.2 Å². The van der Waals surface area contributed by atoms with Crippen LogP contribution in [0.3, 0.4) is 0 Å². The van der Waals surface area contributed by atoms with E-state index in [1.54, 1.807) is 19.1 Å². The fraction of sp³-hybridized carbons (Fsp3) is 0.596. The number of hydrogen-bond acceptors (Lipinski definition) is 9. The summed E-state index contributed by atoms with van der Waals surface area (Å²) in [4.78, 5) is 45.2. The van der Waals surface area contributed by atoms with Crippen LogP contribution < -0.4 is 4.74 Å². The molecule has 4 unspecified atom stereocenters. The van der Waals surface area contributed by atoms with E-state index in [9.17, 15) is 24.6 Å². The van der Waals surface area contributed by atoms with Crippen LogP contribution in [0.4, 0.5) is 0 Å². The predicted molar refractivity (Wildman–Crippen MR) is 218 cm³/mol. The van der Waals surface area contributed by atoms with Crippen molar-refractivity contribution in [2.24, 2.45) is 11.8 Å². The summed E-state index contributed by atoms with van der Waals surface area (Å²) >= 11 is 0. The number of nitrogens with zero attached hydrogens (tertiary/aromatic N) is 1. The Bertz CT molecular complexity index is 1900. The Kier molecular flexibility index (Phi) is 12.3. The summed E-state index contributed by atoms with van der Waals surface area (Å²) in [6.45, 7) is 19.2. The van der Waals surface area contributed by atoms with Gasteiger partial charge in [0.1, 0.15) is 22.8 Å². The first-order valence-electron chi connectivity index (χ1n) is 20.8. The third-order valence-electron chi connectivity index (χ3n) is 12.7. The quantitative estimate of drug-likeness (QED) is 0.0779. The lowest BCUT2D eigenvalue weighted by molar-refractivity contribution is -0.171. The van der Waals surface area contributed by atoms with Crippen molar-refractivity contribution >= 4 is 17.5 Å². The van der Waals surface area contributed by atoms with Crippen LogP contribution in [0.5, 0.6) is 17.2 Å². The molecule has 304 valence electrons. The van der Waals surface area contributed by atoms with Gasteiger partial charge in [0, 0.05) is 40.5 Å². The number of benzene rings is 1. The number of aromatic hydroxyl groups is 2. The molecule has 56 heavy (non-hydrogen) atoms. The highest BCUT2D eigenvalue weighted by atomic mass is 16.6. The molecular formula is C47H63NO8. The highest BCUT2D eigenvalue weighted by molar-refractivity contribution is 6.18. The Balaban J connectivity index is 1.33. The fourth-order valence-electron chi connectivity index (χ4n) is 9.70. The molecule has 3 aliphatic carbocycles. The van der Waals surface area contributed by atoms with Crippen LogP contribution >= 0.6 is 0 Å². The molecule has 9 heteroatoms. The molecule has 1 spiro atoms. The summed E-state index contributed by atoms with van der Waals surface area (Å²) in [6, 6.07) is 0. The molecule has 1 aromatic rings. The van der Waals surface area contributed by atoms with Gasteiger partial charge in [-0.15, -0.1) is 0 Å². The summed E-state index contributed by atoms with van der Waals surface area (Å²) in [5.74, 6) is -2.42. The number of fused-ring (bicyclic) bond motifs is 1. The van der Waals surface area contributed by atoms with Crippen molar-refractivity contribution in [1.29, 1.82) is 0 Å². The summed E-state index contributed by atoms with van der Waals surface area (Å²) in [5, 5.41) is 23.8. The number of phenols is 2. The Morgan fingerprint density at radius 2 is 1.61 bits per heavy atom. The van der Waals surface area contributed by atoms with Gasteiger partial charge in [-0.1, -0.05) is 53.5 Å². The van der Waals surface area contributed by atoms with E-state index in [0.29, 0.717) is 29.7 Å². The van der Waals surface area contributed by atoms with E-state index in [1.165, 1.54) is 24.8 Å². The van der Waals surface area contributed by atoms with E-state index in [2.05, 4.69) is 24.8 Å². The lowest BCUT2D eigenvalue weighted by atomic mass is 9.51. The standard InChI is InChI=1S/C47H63NO8/c1-29(2)15-14-16-31(5)18-20-34-39(49)35(19-17-30(3)4)42-38(40(34)50)41(51)36-27-33-28-37-45(7,8)56-46(43(33)52,47(36,37)55-42)22-21-32(6)44(53)54-26-13-12-25-48-23-10-9-11-24-48/h15,17-18,21,27,33,37,49-50H,9-14,16,19-20,22-26,28H2,1-8H3/b31-18+,32-21+. The van der Waals surface area contributed by atoms with Crippen LogP contribution in [0, 0.1) is 11.8 Å². The van der Waals surface area contributed by atoms with Crippen molar-refractivity contribution < 1.29 is 38.8 Å². The number of ketones is 2. The minimum Gasteiger partial charge on any atom is -0.507 e. The van der Waals surface area contributed by atoms with Crippen molar-refractivity contribution in [1.82, 2.24) is 4.90 Å². The van der Waals surface area contributed by atoms with Crippen molar-refractivity contribution in [2.45, 2.75) is 143 Å². The number of likely N-dealkylation sites (tertiary alicyclic amines) is 1. The lowest BCUT2D eigenvalue weighted by Crippen LogP contribution is -2.72. The normalized spacial score (nSPS) is 26.6. The molecule has 0 amide bonds. The minimum absolute atomic E-state index is 0.00497. The molecule has 1 aromatic carbocycles. The van der Waals surface area contributed by atoms with E-state index < -0.39 is 40.4 Å². The van der Waals surface area contributed by atoms with Crippen molar-refractivity contribution in [3.8, 4) is 17.2 Å². The number of esters is 1. The Morgan fingerprint density at radius 3 is 2.30 bits per heavy atom. The minimum atomic E-state index is -1.62. The highest BCUT2D eigenvalue weighted by Gasteiger charge is 2.81. The molecule has 2 N–H and O–H groups in total. The summed E-state index contributed by atoms with van der Waals surface area (Å²) < 4.78 is 19.6. The SMILES string of the molecule is CC(C)=CCC/C(C)=C/Cc1c(O)c(CC=C(C)C)c2c(c1O)C(=O)C1=CC3CC4C(C)(C)OC(C/C=C(\C)C(=O)OCCCCN5CCCCC5)(C3=O)C14O2. The van der Waals surface area contributed by atoms with Crippen LogP contribution in [0.1, 0.15) is 135 Å². The number of unbranched alkanes of at least 4 members (excludes halogenated alkanes) is 1. The Hall–Kier alpha value is -3.95. The third-order valence-corrected chi connectivity index (χ3v) is 12.7. The van der Waals surface area contributed by atoms with Crippen LogP contribution in [0.15, 0.2) is 58.2 Å². The zero-order valence-electron chi connectivity index (χ0n) is 34.9. The highest BCUT2D eigenvalue weighted by Crippen LogP contribution is 2.68. The van der Waals surface area contributed by atoms with Crippen LogP contribution in [0.25, 0.3) is 0 Å². The second kappa shape index (κ2) is 16.5. The van der Waals surface area contributed by atoms with Gasteiger partial charge in [0.25, 0.3) is 0 Å². The summed E-state index contributed by atoms with van der Waals surface area (Å²) in [7, 11) is 0. The molecule has 1 saturated carbocycles. The molecule has 4 bridgehead atoms. The lowest BCUT2D eigenvalue weighted by Gasteiger charge is -2.56. The maximum atomic E-state index is 15.0. The van der Waals surface area contributed by atoms with E-state index >= 15 is 0 Å². The number of Topliss-reactive ketones (excluding diaryl/α,β-unsaturated/α-hetero) is 2. The maximum Gasteiger partial charge on any atom is 0.333 e. The van der Waals surface area contributed by atoms with Crippen LogP contribution in [-0.2, 0) is 31.9 Å². The van der Waals surface area contributed by atoms with Gasteiger partial charge < -0.3 is 29.3 Å². The topological polar surface area (TPSA) is 123 Å². The number of piperidine rings is 1. The van der Waals surface area contributed by atoms with Gasteiger partial charge in [0.15, 0.2) is 22.8 Å². The van der Waals surface area contributed by atoms with Crippen molar-refractivity contribution in [3.63, 3.8) is 0 Å². The Morgan fingerprint density at radius 1 is 0.911 bits per heavy atom. The maximum absolute atomic E-state index is 15.0. The van der Waals surface area contributed by atoms with E-state index in [-0.39, 0.29) is 53.4 Å². The summed E-state index contributed by atoms with van der Waals surface area (Å²) in [5.41, 5.74) is 0.630. The average molecular weight is 770 g/mol. The number of hydrogen-bond donors (Lipinski definition) is 2. The van der Waals surface area contributed by atoms with Crippen LogP contribution in [0.2, 0.25) is 0 Å². The monoisotopic (exact) mass is 769 g/mol. The van der Waals surface area contributed by atoms with Gasteiger partial charge in [-0.05, 0) is 133 Å². The first-order chi connectivity index (χ1) is 26.5. The van der Waals surface area contributed by atoms with Gasteiger partial charge in [-0.3, -0.25) is 9.59 Å². The summed E-state index contributed by atoms with van der Waals surface area (Å²) in [6.07, 6.45) is 17.7. The fourth-order valence-corrected chi connectivity index (χ4v) is 9.70. The largest absolute Gasteiger partial charge is 0.507 e. The molecule has 3 fully saturated rings. The number of carbonyl (C=O) groups is 3. The van der Waals surface area contributed by atoms with Gasteiger partial charge >= 0.3 is 5.97 Å². The zero-order valence-corrected chi connectivity index (χ0v) is 34.9. The molecule has 0 aromatic heterocycles. The molecule has 7 rings (SSSR count). The Labute approximate surface area is 333 Å². The number of allylic oxidation sites excluding steroid dienone is 7. The molecule has 3 heterocycles. The smallest absolute Gasteiger partial charge is 0.333 e. The van der Waals surface area contributed by atoms with E-state index in [0.717, 1.165) is 56.5 Å². The second-order valence-corrected chi connectivity index (χ2v) is 17.8. The molecule has 3 aliphatic heterocycles. The van der Waals surface area contributed by atoms with Gasteiger partial charge in [0.2, 0.25) is 0 Å². The van der Waals surface area contributed by atoms with E-state index in [1.807, 2.05) is 46.8 Å². The molecule has 0 radical (unpaired) electrons. The first-order valence-corrected chi connectivity index (χ1v) is 20.8.